The third-order valence-electron chi connectivity index (χ3n) is 5.84. The summed E-state index contributed by atoms with van der Waals surface area (Å²) in [7, 11) is 0. The van der Waals surface area contributed by atoms with Gasteiger partial charge in [0, 0.05) is 25.0 Å². The Hall–Kier alpha value is -3.33. The number of alkyl halides is 3. The largest absolute Gasteiger partial charge is 0.493 e. The van der Waals surface area contributed by atoms with Gasteiger partial charge in [-0.25, -0.2) is 9.78 Å². The van der Waals surface area contributed by atoms with Crippen LogP contribution in [-0.2, 0) is 28.5 Å². The normalized spacial score (nSPS) is 18.2. The highest BCUT2D eigenvalue weighted by Gasteiger charge is 2.42. The van der Waals surface area contributed by atoms with Crippen molar-refractivity contribution in [2.24, 2.45) is 0 Å². The Kier molecular flexibility index (Phi) is 6.65. The lowest BCUT2D eigenvalue weighted by Gasteiger charge is -2.23. The van der Waals surface area contributed by atoms with E-state index in [1.165, 1.54) is 12.1 Å². The molecule has 1 saturated heterocycles. The molecule has 34 heavy (non-hydrogen) atoms. The second kappa shape index (κ2) is 9.50. The number of nitrogens with zero attached hydrogens (tertiary/aromatic N) is 1. The average molecular weight is 475 g/mol. The minimum atomic E-state index is -4.44. The van der Waals surface area contributed by atoms with Crippen LogP contribution in [-0.4, -0.2) is 34.9 Å². The van der Waals surface area contributed by atoms with E-state index < -0.39 is 23.3 Å². The van der Waals surface area contributed by atoms with Crippen LogP contribution < -0.4 is 4.74 Å². The van der Waals surface area contributed by atoms with Crippen molar-refractivity contribution in [3.8, 4) is 17.2 Å². The monoisotopic (exact) mass is 475 g/mol. The van der Waals surface area contributed by atoms with Crippen molar-refractivity contribution in [3.63, 3.8) is 0 Å². The number of aromatic nitrogens is 1. The fraction of sp³-hybridized carbons (Fsp3) is 0.360. The maximum atomic E-state index is 13.0. The minimum absolute atomic E-state index is 0.129. The van der Waals surface area contributed by atoms with Crippen LogP contribution in [0.1, 0.15) is 35.4 Å². The van der Waals surface area contributed by atoms with E-state index in [9.17, 15) is 23.1 Å². The molecule has 9 heteroatoms. The smallest absolute Gasteiger partial charge is 0.416 e. The topological polar surface area (TPSA) is 81.8 Å². The molecule has 0 aliphatic carbocycles. The van der Waals surface area contributed by atoms with E-state index >= 15 is 0 Å². The Labute approximate surface area is 194 Å². The molecule has 0 amide bonds. The Bertz CT molecular complexity index is 1150. The van der Waals surface area contributed by atoms with Crippen molar-refractivity contribution in [1.82, 2.24) is 4.98 Å². The van der Waals surface area contributed by atoms with Crippen molar-refractivity contribution in [2.75, 3.05) is 13.2 Å². The molecule has 180 valence electrons. The van der Waals surface area contributed by atoms with Gasteiger partial charge in [-0.3, -0.25) is 0 Å². The zero-order valence-electron chi connectivity index (χ0n) is 18.5. The van der Waals surface area contributed by atoms with Gasteiger partial charge in [0.25, 0.3) is 0 Å². The van der Waals surface area contributed by atoms with Gasteiger partial charge in [0.15, 0.2) is 5.60 Å². The van der Waals surface area contributed by atoms with E-state index in [1.54, 1.807) is 19.1 Å². The molecular weight excluding hydrogens is 451 g/mol. The van der Waals surface area contributed by atoms with Crippen LogP contribution in [0, 0.1) is 6.92 Å². The number of hydrogen-bond donors (Lipinski definition) is 1. The molecule has 1 unspecified atom stereocenters. The van der Waals surface area contributed by atoms with E-state index in [-0.39, 0.29) is 18.1 Å². The lowest BCUT2D eigenvalue weighted by Crippen LogP contribution is -2.40. The van der Waals surface area contributed by atoms with Gasteiger partial charge in [0.2, 0.25) is 5.89 Å². The summed E-state index contributed by atoms with van der Waals surface area (Å²) in [5, 5.41) is 9.54. The number of hydrogen-bond acceptors (Lipinski definition) is 5. The summed E-state index contributed by atoms with van der Waals surface area (Å²) in [4.78, 5) is 16.0. The number of ether oxygens (including phenoxy) is 2. The van der Waals surface area contributed by atoms with E-state index in [1.807, 2.05) is 12.1 Å². The Morgan fingerprint density at radius 1 is 1.21 bits per heavy atom. The van der Waals surface area contributed by atoms with E-state index in [2.05, 4.69) is 4.98 Å². The van der Waals surface area contributed by atoms with Crippen molar-refractivity contribution >= 4 is 5.97 Å². The highest BCUT2D eigenvalue weighted by Crippen LogP contribution is 2.33. The van der Waals surface area contributed by atoms with E-state index in [4.69, 9.17) is 13.9 Å². The molecule has 1 aromatic heterocycles. The van der Waals surface area contributed by atoms with Crippen molar-refractivity contribution in [1.29, 1.82) is 0 Å². The highest BCUT2D eigenvalue weighted by atomic mass is 19.4. The molecular formula is C25H24F3NO5. The first kappa shape index (κ1) is 23.8. The molecule has 0 bridgehead atoms. The molecule has 6 nitrogen and oxygen atoms in total. The first-order valence-corrected chi connectivity index (χ1v) is 10.9. The van der Waals surface area contributed by atoms with Crippen LogP contribution in [0.3, 0.4) is 0 Å². The predicted octanol–water partition coefficient (Wildman–Crippen LogP) is 5.47. The number of aryl methyl sites for hydroxylation is 1. The number of carboxylic acids is 1. The molecule has 1 aliphatic rings. The van der Waals surface area contributed by atoms with Gasteiger partial charge in [-0.2, -0.15) is 13.2 Å². The van der Waals surface area contributed by atoms with Gasteiger partial charge in [0.05, 0.1) is 17.9 Å². The average Bonchev–Trinajstić information content (AvgIpc) is 3.42. The first-order valence-electron chi connectivity index (χ1n) is 10.9. The van der Waals surface area contributed by atoms with Crippen LogP contribution in [0.5, 0.6) is 5.75 Å². The molecule has 3 aromatic rings. The van der Waals surface area contributed by atoms with Crippen molar-refractivity contribution in [3.05, 3.63) is 71.1 Å². The maximum Gasteiger partial charge on any atom is 0.416 e. The summed E-state index contributed by atoms with van der Waals surface area (Å²) in [6.07, 6.45) is -2.53. The fourth-order valence-electron chi connectivity index (χ4n) is 3.99. The summed E-state index contributed by atoms with van der Waals surface area (Å²) in [6, 6.07) is 12.0. The van der Waals surface area contributed by atoms with Crippen molar-refractivity contribution in [2.45, 2.75) is 44.4 Å². The second-order valence-corrected chi connectivity index (χ2v) is 8.27. The van der Waals surface area contributed by atoms with Gasteiger partial charge in [-0.1, -0.05) is 18.2 Å². The van der Waals surface area contributed by atoms with Gasteiger partial charge in [-0.05, 0) is 55.7 Å². The number of halogens is 3. The van der Waals surface area contributed by atoms with Crippen LogP contribution in [0.15, 0.2) is 52.9 Å². The van der Waals surface area contributed by atoms with Gasteiger partial charge in [-0.15, -0.1) is 0 Å². The lowest BCUT2D eigenvalue weighted by atomic mass is 9.92. The summed E-state index contributed by atoms with van der Waals surface area (Å²) >= 11 is 0. The number of oxazole rings is 1. The SMILES string of the molecule is Cc1oc(-c2cccc(C(F)(F)F)c2)nc1CCOc1ccc(CC2(C(=O)O)CCCO2)cc1. The Balaban J connectivity index is 1.35. The zero-order chi connectivity index (χ0) is 24.3. The van der Waals surface area contributed by atoms with Gasteiger partial charge in [0.1, 0.15) is 11.5 Å². The summed E-state index contributed by atoms with van der Waals surface area (Å²) in [6.45, 7) is 2.44. The predicted molar refractivity (Wildman–Crippen MR) is 117 cm³/mol. The Morgan fingerprint density at radius 2 is 1.97 bits per heavy atom. The number of aliphatic carboxylic acids is 1. The van der Waals surface area contributed by atoms with Gasteiger partial charge >= 0.3 is 12.1 Å². The van der Waals surface area contributed by atoms with Gasteiger partial charge < -0.3 is 19.0 Å². The maximum absolute atomic E-state index is 13.0. The highest BCUT2D eigenvalue weighted by molar-refractivity contribution is 5.78. The van der Waals surface area contributed by atoms with Crippen LogP contribution in [0.25, 0.3) is 11.5 Å². The Morgan fingerprint density at radius 3 is 2.62 bits per heavy atom. The first-order chi connectivity index (χ1) is 16.2. The van der Waals surface area contributed by atoms with Crippen LogP contribution >= 0.6 is 0 Å². The third-order valence-corrected chi connectivity index (χ3v) is 5.84. The summed E-state index contributed by atoms with van der Waals surface area (Å²) in [5.74, 6) is 0.309. The summed E-state index contributed by atoms with van der Waals surface area (Å²) in [5.41, 5.74) is -0.223. The number of carboxylic acid groups (broad SMARTS) is 1. The molecule has 2 aromatic carbocycles. The summed E-state index contributed by atoms with van der Waals surface area (Å²) < 4.78 is 55.8. The lowest BCUT2D eigenvalue weighted by molar-refractivity contribution is -0.159. The molecule has 0 radical (unpaired) electrons. The molecule has 0 spiro atoms. The molecule has 1 fully saturated rings. The number of carbonyl (C=O) groups is 1. The molecule has 1 N–H and O–H groups in total. The van der Waals surface area contributed by atoms with Crippen LogP contribution in [0.2, 0.25) is 0 Å². The van der Waals surface area contributed by atoms with E-state index in [0.29, 0.717) is 43.1 Å². The third kappa shape index (κ3) is 5.25. The second-order valence-electron chi connectivity index (χ2n) is 8.27. The molecule has 4 rings (SSSR count). The standard InChI is InChI=1S/C25H24F3NO5/c1-16-21(29-22(34-16)18-4-2-5-19(14-18)25(26,27)28)10-13-32-20-8-6-17(7-9-20)15-24(23(30)31)11-3-12-33-24/h2,4-9,14H,3,10-13,15H2,1H3,(H,30,31). The molecule has 1 atom stereocenters. The van der Waals surface area contributed by atoms with E-state index in [0.717, 1.165) is 24.1 Å². The van der Waals surface area contributed by atoms with Crippen molar-refractivity contribution < 1.29 is 37.0 Å². The number of benzene rings is 2. The molecule has 1 aliphatic heterocycles. The molecule has 0 saturated carbocycles. The fourth-order valence-corrected chi connectivity index (χ4v) is 3.99. The quantitative estimate of drug-likeness (QED) is 0.466. The number of rotatable bonds is 8. The minimum Gasteiger partial charge on any atom is -0.493 e. The van der Waals surface area contributed by atoms with Crippen LogP contribution in [0.4, 0.5) is 13.2 Å². The molecule has 2 heterocycles. The zero-order valence-corrected chi connectivity index (χ0v) is 18.5.